The van der Waals surface area contributed by atoms with Crippen LogP contribution in [0.3, 0.4) is 0 Å². The molecule has 7 heteroatoms. The molecule has 0 radical (unpaired) electrons. The van der Waals surface area contributed by atoms with Gasteiger partial charge in [-0.05, 0) is 24.3 Å². The number of nitrogens with one attached hydrogen (secondary N) is 1. The molecule has 0 spiro atoms. The smallest absolute Gasteiger partial charge is 0.236 e. The number of anilines is 1. The van der Waals surface area contributed by atoms with Gasteiger partial charge >= 0.3 is 0 Å². The van der Waals surface area contributed by atoms with E-state index in [0.29, 0.717) is 22.4 Å². The maximum absolute atomic E-state index is 11.9. The summed E-state index contributed by atoms with van der Waals surface area (Å²) in [4.78, 5) is 20.4. The van der Waals surface area contributed by atoms with E-state index in [1.54, 1.807) is 18.5 Å². The second-order valence-electron chi connectivity index (χ2n) is 4.38. The summed E-state index contributed by atoms with van der Waals surface area (Å²) in [5.41, 5.74) is 1.70. The second-order valence-corrected chi connectivity index (χ2v) is 6.22. The van der Waals surface area contributed by atoms with Crippen molar-refractivity contribution >= 4 is 34.1 Å². The van der Waals surface area contributed by atoms with Gasteiger partial charge in [0.25, 0.3) is 0 Å². The highest BCUT2D eigenvalue weighted by atomic mass is 32.2. The van der Waals surface area contributed by atoms with Crippen LogP contribution in [0.5, 0.6) is 0 Å². The van der Waals surface area contributed by atoms with Crippen molar-refractivity contribution in [3.63, 3.8) is 0 Å². The third kappa shape index (κ3) is 3.96. The Hall–Kier alpha value is -2.12. The average molecular weight is 331 g/mol. The van der Waals surface area contributed by atoms with Gasteiger partial charge in [-0.3, -0.25) is 9.78 Å². The number of carbonyl (C=O) groups is 1. The molecule has 3 aromatic rings. The van der Waals surface area contributed by atoms with Crippen LogP contribution in [-0.2, 0) is 10.5 Å². The fourth-order valence-electron chi connectivity index (χ4n) is 1.76. The van der Waals surface area contributed by atoms with Gasteiger partial charge in [0.2, 0.25) is 5.91 Å². The lowest BCUT2D eigenvalue weighted by molar-refractivity contribution is -0.113. The van der Waals surface area contributed by atoms with Gasteiger partial charge in [0.1, 0.15) is 5.69 Å². The van der Waals surface area contributed by atoms with E-state index >= 15 is 0 Å². The lowest BCUT2D eigenvalue weighted by Gasteiger charge is -2.01. The molecule has 0 aliphatic carbocycles. The first-order valence-electron chi connectivity index (χ1n) is 6.58. The quantitative estimate of drug-likeness (QED) is 0.746. The van der Waals surface area contributed by atoms with Crippen molar-refractivity contribution in [3.05, 3.63) is 53.9 Å². The van der Waals surface area contributed by atoms with Gasteiger partial charge in [-0.15, -0.1) is 23.1 Å². The molecule has 0 saturated heterocycles. The fourth-order valence-corrected chi connectivity index (χ4v) is 3.21. The lowest BCUT2D eigenvalue weighted by atomic mass is 10.4. The molecular formula is C15H13N3O2S2. The number of pyridine rings is 1. The Morgan fingerprint density at radius 2 is 2.27 bits per heavy atom. The summed E-state index contributed by atoms with van der Waals surface area (Å²) in [6, 6.07) is 9.40. The van der Waals surface area contributed by atoms with Crippen LogP contribution in [0.15, 0.2) is 52.6 Å². The number of furan rings is 1. The molecule has 0 aromatic carbocycles. The minimum atomic E-state index is -0.0683. The van der Waals surface area contributed by atoms with E-state index in [2.05, 4.69) is 15.3 Å². The summed E-state index contributed by atoms with van der Waals surface area (Å²) in [7, 11) is 0. The van der Waals surface area contributed by atoms with Crippen molar-refractivity contribution in [2.24, 2.45) is 0 Å². The molecule has 3 heterocycles. The van der Waals surface area contributed by atoms with Crippen LogP contribution in [0.25, 0.3) is 11.5 Å². The lowest BCUT2D eigenvalue weighted by Crippen LogP contribution is -2.14. The zero-order valence-corrected chi connectivity index (χ0v) is 13.2. The molecule has 1 amide bonds. The number of amides is 1. The van der Waals surface area contributed by atoms with E-state index in [-0.39, 0.29) is 5.91 Å². The summed E-state index contributed by atoms with van der Waals surface area (Å²) < 4.78 is 5.27. The highest BCUT2D eigenvalue weighted by Gasteiger charge is 2.09. The van der Waals surface area contributed by atoms with Crippen LogP contribution in [0.1, 0.15) is 5.69 Å². The van der Waals surface area contributed by atoms with E-state index < -0.39 is 0 Å². The van der Waals surface area contributed by atoms with E-state index in [1.807, 2.05) is 29.6 Å². The minimum absolute atomic E-state index is 0.0683. The topological polar surface area (TPSA) is 68.0 Å². The van der Waals surface area contributed by atoms with Crippen molar-refractivity contribution in [3.8, 4) is 11.5 Å². The average Bonchev–Trinajstić information content (AvgIpc) is 3.19. The molecule has 1 N–H and O–H groups in total. The molecule has 3 rings (SSSR count). The maximum Gasteiger partial charge on any atom is 0.236 e. The van der Waals surface area contributed by atoms with E-state index in [9.17, 15) is 4.79 Å². The molecule has 0 saturated carbocycles. The Balaban J connectivity index is 1.48. The van der Waals surface area contributed by atoms with Gasteiger partial charge in [0, 0.05) is 17.3 Å². The maximum atomic E-state index is 11.9. The van der Waals surface area contributed by atoms with Crippen LogP contribution in [0, 0.1) is 0 Å². The predicted molar refractivity (Wildman–Crippen MR) is 88.8 cm³/mol. The minimum Gasteiger partial charge on any atom is -0.463 e. The van der Waals surface area contributed by atoms with Crippen LogP contribution in [0.4, 0.5) is 5.13 Å². The van der Waals surface area contributed by atoms with E-state index in [1.165, 1.54) is 23.1 Å². The second kappa shape index (κ2) is 7.24. The number of aromatic nitrogens is 2. The Kier molecular flexibility index (Phi) is 4.87. The van der Waals surface area contributed by atoms with Crippen molar-refractivity contribution in [2.45, 2.75) is 5.75 Å². The highest BCUT2D eigenvalue weighted by Crippen LogP contribution is 2.25. The zero-order chi connectivity index (χ0) is 15.2. The SMILES string of the molecule is O=C(CSCc1ccccn1)Nc1nc(-c2ccco2)cs1. The van der Waals surface area contributed by atoms with Crippen molar-refractivity contribution in [1.82, 2.24) is 9.97 Å². The molecule has 0 bridgehead atoms. The zero-order valence-electron chi connectivity index (χ0n) is 11.6. The van der Waals surface area contributed by atoms with E-state index in [0.717, 1.165) is 11.4 Å². The van der Waals surface area contributed by atoms with Gasteiger partial charge in [0.05, 0.1) is 17.7 Å². The number of carbonyl (C=O) groups excluding carboxylic acids is 1. The van der Waals surface area contributed by atoms with Crippen molar-refractivity contribution in [1.29, 1.82) is 0 Å². The standard InChI is InChI=1S/C15H13N3O2S2/c19-14(10-21-8-11-4-1-2-6-16-11)18-15-17-12(9-22-15)13-5-3-7-20-13/h1-7,9H,8,10H2,(H,17,18,19). The first-order valence-corrected chi connectivity index (χ1v) is 8.61. The molecule has 0 aliphatic rings. The van der Waals surface area contributed by atoms with Gasteiger partial charge in [-0.1, -0.05) is 6.07 Å². The Labute approximate surface area is 135 Å². The van der Waals surface area contributed by atoms with Gasteiger partial charge in [-0.2, -0.15) is 0 Å². The first-order chi connectivity index (χ1) is 10.8. The first kappa shape index (κ1) is 14.8. The molecule has 0 atom stereocenters. The third-order valence-electron chi connectivity index (χ3n) is 2.73. The van der Waals surface area contributed by atoms with Crippen molar-refractivity contribution < 1.29 is 9.21 Å². The molecule has 0 unspecified atom stereocenters. The van der Waals surface area contributed by atoms with Crippen molar-refractivity contribution in [2.75, 3.05) is 11.1 Å². The number of thioether (sulfide) groups is 1. The van der Waals surface area contributed by atoms with E-state index in [4.69, 9.17) is 4.42 Å². The highest BCUT2D eigenvalue weighted by molar-refractivity contribution is 7.99. The van der Waals surface area contributed by atoms with Crippen LogP contribution >= 0.6 is 23.1 Å². The molecule has 0 fully saturated rings. The number of nitrogens with zero attached hydrogens (tertiary/aromatic N) is 2. The molecule has 0 aliphatic heterocycles. The van der Waals surface area contributed by atoms with Gasteiger partial charge < -0.3 is 9.73 Å². The summed E-state index contributed by atoms with van der Waals surface area (Å²) in [5, 5.41) is 5.23. The summed E-state index contributed by atoms with van der Waals surface area (Å²) >= 11 is 2.90. The normalized spacial score (nSPS) is 10.5. The third-order valence-corrected chi connectivity index (χ3v) is 4.46. The molecular weight excluding hydrogens is 318 g/mol. The summed E-state index contributed by atoms with van der Waals surface area (Å²) in [5.74, 6) is 1.71. The summed E-state index contributed by atoms with van der Waals surface area (Å²) in [6.07, 6.45) is 3.35. The summed E-state index contributed by atoms with van der Waals surface area (Å²) in [6.45, 7) is 0. The molecule has 5 nitrogen and oxygen atoms in total. The Morgan fingerprint density at radius 3 is 3.05 bits per heavy atom. The monoisotopic (exact) mass is 331 g/mol. The molecule has 112 valence electrons. The number of hydrogen-bond acceptors (Lipinski definition) is 6. The number of hydrogen-bond donors (Lipinski definition) is 1. The largest absolute Gasteiger partial charge is 0.463 e. The number of rotatable bonds is 6. The van der Waals surface area contributed by atoms with Crippen LogP contribution in [-0.4, -0.2) is 21.6 Å². The van der Waals surface area contributed by atoms with Crippen LogP contribution < -0.4 is 5.32 Å². The van der Waals surface area contributed by atoms with Gasteiger partial charge in [-0.25, -0.2) is 4.98 Å². The van der Waals surface area contributed by atoms with Crippen LogP contribution in [0.2, 0.25) is 0 Å². The Morgan fingerprint density at radius 1 is 1.32 bits per heavy atom. The number of thiazole rings is 1. The van der Waals surface area contributed by atoms with Gasteiger partial charge in [0.15, 0.2) is 10.9 Å². The molecule has 3 aromatic heterocycles. The fraction of sp³-hybridized carbons (Fsp3) is 0.133. The Bertz CT molecular complexity index is 726. The predicted octanol–water partition coefficient (Wildman–Crippen LogP) is 3.67. The molecule has 22 heavy (non-hydrogen) atoms.